The molecule has 0 aliphatic rings. The number of hydrogen-bond acceptors (Lipinski definition) is 3. The Balaban J connectivity index is 2.75. The molecule has 2 heterocycles. The normalized spacial score (nSPS) is 12.3. The van der Waals surface area contributed by atoms with Gasteiger partial charge in [0.15, 0.2) is 5.65 Å². The topological polar surface area (TPSA) is 50.9 Å². The predicted molar refractivity (Wildman–Crippen MR) is 53.8 cm³/mol. The van der Waals surface area contributed by atoms with Gasteiger partial charge in [0.05, 0.1) is 0 Å². The number of hydrogen-bond donors (Lipinski definition) is 1. The molecule has 4 heteroatoms. The summed E-state index contributed by atoms with van der Waals surface area (Å²) >= 11 is 0. The second-order valence-electron chi connectivity index (χ2n) is 3.90. The molecule has 0 aromatic carbocycles. The third-order valence-corrected chi connectivity index (χ3v) is 2.18. The fourth-order valence-electron chi connectivity index (χ4n) is 1.57. The minimum Gasteiger partial charge on any atom is -0.383 e. The average Bonchev–Trinajstić information content (AvgIpc) is 2.44. The van der Waals surface area contributed by atoms with Crippen LogP contribution in [0.1, 0.15) is 19.7 Å². The maximum atomic E-state index is 9.86. The van der Waals surface area contributed by atoms with E-state index in [4.69, 9.17) is 0 Å². The van der Waals surface area contributed by atoms with E-state index in [9.17, 15) is 5.11 Å². The molecule has 0 saturated heterocycles. The lowest BCUT2D eigenvalue weighted by atomic mass is 10.1. The van der Waals surface area contributed by atoms with Crippen LogP contribution in [-0.4, -0.2) is 19.6 Å². The van der Waals surface area contributed by atoms with Crippen molar-refractivity contribution < 1.29 is 5.11 Å². The second-order valence-corrected chi connectivity index (χ2v) is 3.90. The predicted octanol–water partition coefficient (Wildman–Crippen LogP) is 1.20. The van der Waals surface area contributed by atoms with Gasteiger partial charge in [-0.15, -0.1) is 0 Å². The Bertz CT molecular complexity index is 468. The number of aryl methyl sites for hydroxylation is 1. The van der Waals surface area contributed by atoms with Gasteiger partial charge in [-0.1, -0.05) is 0 Å². The van der Waals surface area contributed by atoms with Gasteiger partial charge in [-0.3, -0.25) is 0 Å². The number of pyridine rings is 1. The quantitative estimate of drug-likeness (QED) is 0.736. The smallest absolute Gasteiger partial charge is 0.159 e. The van der Waals surface area contributed by atoms with Crippen molar-refractivity contribution in [2.45, 2.75) is 19.4 Å². The zero-order chi connectivity index (χ0) is 10.3. The van der Waals surface area contributed by atoms with Crippen molar-refractivity contribution in [3.63, 3.8) is 0 Å². The maximum Gasteiger partial charge on any atom is 0.159 e. The molecule has 74 valence electrons. The van der Waals surface area contributed by atoms with Crippen molar-refractivity contribution in [1.29, 1.82) is 0 Å². The van der Waals surface area contributed by atoms with Gasteiger partial charge < -0.3 is 9.67 Å². The van der Waals surface area contributed by atoms with E-state index in [1.165, 1.54) is 0 Å². The molecule has 2 aromatic heterocycles. The Morgan fingerprint density at radius 1 is 1.43 bits per heavy atom. The van der Waals surface area contributed by atoms with Crippen molar-refractivity contribution >= 4 is 11.2 Å². The van der Waals surface area contributed by atoms with Crippen LogP contribution in [0, 0.1) is 0 Å². The molecule has 14 heavy (non-hydrogen) atoms. The van der Waals surface area contributed by atoms with Crippen molar-refractivity contribution in [3.05, 3.63) is 24.2 Å². The fourth-order valence-corrected chi connectivity index (χ4v) is 1.57. The summed E-state index contributed by atoms with van der Waals surface area (Å²) in [6, 6.07) is 3.72. The number of fused-ring (bicyclic) bond motifs is 1. The highest BCUT2D eigenvalue weighted by Crippen LogP contribution is 2.21. The first-order valence-corrected chi connectivity index (χ1v) is 4.50. The van der Waals surface area contributed by atoms with E-state index >= 15 is 0 Å². The van der Waals surface area contributed by atoms with Crippen LogP contribution in [-0.2, 0) is 12.6 Å². The molecule has 0 bridgehead atoms. The Morgan fingerprint density at radius 2 is 2.14 bits per heavy atom. The molecule has 0 aliphatic heterocycles. The summed E-state index contributed by atoms with van der Waals surface area (Å²) in [4.78, 5) is 8.54. The zero-order valence-corrected chi connectivity index (χ0v) is 8.52. The Kier molecular flexibility index (Phi) is 1.82. The van der Waals surface area contributed by atoms with Crippen LogP contribution in [0.15, 0.2) is 18.3 Å². The van der Waals surface area contributed by atoms with Crippen LogP contribution < -0.4 is 0 Å². The number of aromatic nitrogens is 3. The molecule has 0 fully saturated rings. The Labute approximate surface area is 82.2 Å². The number of rotatable bonds is 1. The molecule has 0 radical (unpaired) electrons. The molecule has 0 atom stereocenters. The van der Waals surface area contributed by atoms with Crippen LogP contribution in [0.25, 0.3) is 11.2 Å². The van der Waals surface area contributed by atoms with E-state index in [1.807, 2.05) is 23.7 Å². The lowest BCUT2D eigenvalue weighted by Crippen LogP contribution is -2.20. The van der Waals surface area contributed by atoms with Crippen molar-refractivity contribution in [1.82, 2.24) is 14.5 Å². The van der Waals surface area contributed by atoms with Gasteiger partial charge in [-0.25, -0.2) is 9.97 Å². The highest BCUT2D eigenvalue weighted by atomic mass is 16.3. The van der Waals surface area contributed by atoms with E-state index < -0.39 is 5.60 Å². The summed E-state index contributed by atoms with van der Waals surface area (Å²) in [7, 11) is 1.86. The number of imidazole rings is 1. The monoisotopic (exact) mass is 191 g/mol. The minimum atomic E-state index is -0.935. The van der Waals surface area contributed by atoms with Crippen LogP contribution in [0.2, 0.25) is 0 Å². The standard InChI is InChI=1S/C10H13N3O/c1-10(2,14)9-12-7-5-4-6-11-8(7)13(9)3/h4-6,14H,1-3H3. The maximum absolute atomic E-state index is 9.86. The van der Waals surface area contributed by atoms with E-state index in [0.717, 1.165) is 11.2 Å². The summed E-state index contributed by atoms with van der Waals surface area (Å²) < 4.78 is 1.81. The molecule has 4 nitrogen and oxygen atoms in total. The summed E-state index contributed by atoms with van der Waals surface area (Å²) in [5, 5.41) is 9.86. The van der Waals surface area contributed by atoms with Gasteiger partial charge in [0.1, 0.15) is 16.9 Å². The largest absolute Gasteiger partial charge is 0.383 e. The molecule has 2 aromatic rings. The summed E-state index contributed by atoms with van der Waals surface area (Å²) in [6.07, 6.45) is 1.72. The van der Waals surface area contributed by atoms with Gasteiger partial charge in [0, 0.05) is 13.2 Å². The first-order valence-electron chi connectivity index (χ1n) is 4.50. The SMILES string of the molecule is Cn1c(C(C)(C)O)nc2cccnc21. The number of aliphatic hydroxyl groups is 1. The van der Waals surface area contributed by atoms with E-state index in [0.29, 0.717) is 5.82 Å². The van der Waals surface area contributed by atoms with Gasteiger partial charge >= 0.3 is 0 Å². The summed E-state index contributed by atoms with van der Waals surface area (Å²) in [6.45, 7) is 3.43. The lowest BCUT2D eigenvalue weighted by Gasteiger charge is -2.15. The molecule has 0 saturated carbocycles. The van der Waals surface area contributed by atoms with E-state index in [1.54, 1.807) is 20.0 Å². The minimum absolute atomic E-state index is 0.631. The van der Waals surface area contributed by atoms with Gasteiger partial charge in [-0.05, 0) is 26.0 Å². The summed E-state index contributed by atoms with van der Waals surface area (Å²) in [5.74, 6) is 0.631. The first kappa shape index (κ1) is 9.15. The first-order chi connectivity index (χ1) is 6.50. The van der Waals surface area contributed by atoms with Crippen LogP contribution in [0.4, 0.5) is 0 Å². The molecule has 0 spiro atoms. The van der Waals surface area contributed by atoms with Gasteiger partial charge in [0.2, 0.25) is 0 Å². The molecule has 2 rings (SSSR count). The molecular weight excluding hydrogens is 178 g/mol. The van der Waals surface area contributed by atoms with Crippen LogP contribution in [0.5, 0.6) is 0 Å². The number of nitrogens with zero attached hydrogens (tertiary/aromatic N) is 3. The average molecular weight is 191 g/mol. The van der Waals surface area contributed by atoms with Crippen LogP contribution >= 0.6 is 0 Å². The fraction of sp³-hybridized carbons (Fsp3) is 0.400. The van der Waals surface area contributed by atoms with Crippen molar-refractivity contribution in [3.8, 4) is 0 Å². The zero-order valence-electron chi connectivity index (χ0n) is 8.52. The highest BCUT2D eigenvalue weighted by Gasteiger charge is 2.23. The Hall–Kier alpha value is -1.42. The lowest BCUT2D eigenvalue weighted by molar-refractivity contribution is 0.0663. The summed E-state index contributed by atoms with van der Waals surface area (Å²) in [5.41, 5.74) is 0.673. The van der Waals surface area contributed by atoms with Gasteiger partial charge in [-0.2, -0.15) is 0 Å². The molecule has 0 aliphatic carbocycles. The second kappa shape index (κ2) is 2.78. The molecule has 1 N–H and O–H groups in total. The highest BCUT2D eigenvalue weighted by molar-refractivity contribution is 5.71. The van der Waals surface area contributed by atoms with Crippen LogP contribution in [0.3, 0.4) is 0 Å². The molecule has 0 amide bonds. The van der Waals surface area contributed by atoms with E-state index in [-0.39, 0.29) is 0 Å². The Morgan fingerprint density at radius 3 is 2.71 bits per heavy atom. The van der Waals surface area contributed by atoms with Gasteiger partial charge in [0.25, 0.3) is 0 Å². The molecule has 0 unspecified atom stereocenters. The third kappa shape index (κ3) is 1.28. The van der Waals surface area contributed by atoms with Crippen molar-refractivity contribution in [2.24, 2.45) is 7.05 Å². The third-order valence-electron chi connectivity index (χ3n) is 2.18. The van der Waals surface area contributed by atoms with Crippen molar-refractivity contribution in [2.75, 3.05) is 0 Å². The van der Waals surface area contributed by atoms with E-state index in [2.05, 4.69) is 9.97 Å². The molecular formula is C10H13N3O.